The molecule has 3 rings (SSSR count). The molecule has 2 atom stereocenters. The van der Waals surface area contributed by atoms with E-state index in [0.29, 0.717) is 17.0 Å². The van der Waals surface area contributed by atoms with Crippen LogP contribution in [0.3, 0.4) is 0 Å². The summed E-state index contributed by atoms with van der Waals surface area (Å²) in [6.45, 7) is 4.92. The molecule has 0 radical (unpaired) electrons. The van der Waals surface area contributed by atoms with E-state index in [0.717, 1.165) is 31.4 Å². The number of thioether (sulfide) groups is 1. The molecule has 1 aromatic heterocycles. The van der Waals surface area contributed by atoms with Crippen molar-refractivity contribution in [3.05, 3.63) is 30.1 Å². The Hall–Kier alpha value is -1.89. The van der Waals surface area contributed by atoms with Crippen molar-refractivity contribution in [2.45, 2.75) is 56.0 Å². The number of halogens is 1. The molecule has 0 saturated carbocycles. The van der Waals surface area contributed by atoms with Gasteiger partial charge in [-0.25, -0.2) is 4.39 Å². The Morgan fingerprint density at radius 2 is 2.04 bits per heavy atom. The van der Waals surface area contributed by atoms with Crippen molar-refractivity contribution in [2.75, 3.05) is 6.54 Å². The number of aromatic nitrogens is 3. The van der Waals surface area contributed by atoms with Crippen LogP contribution in [-0.4, -0.2) is 43.4 Å². The summed E-state index contributed by atoms with van der Waals surface area (Å²) in [5, 5.41) is 8.92. The molecule has 2 aromatic rings. The van der Waals surface area contributed by atoms with Crippen LogP contribution in [-0.2, 0) is 11.8 Å². The van der Waals surface area contributed by atoms with Crippen molar-refractivity contribution >= 4 is 17.7 Å². The van der Waals surface area contributed by atoms with E-state index in [2.05, 4.69) is 17.1 Å². The van der Waals surface area contributed by atoms with E-state index in [1.54, 1.807) is 12.1 Å². The normalized spacial score (nSPS) is 18.8. The summed E-state index contributed by atoms with van der Waals surface area (Å²) in [6.07, 6.45) is 4.38. The summed E-state index contributed by atoms with van der Waals surface area (Å²) < 4.78 is 15.0. The Bertz CT molecular complexity index is 761. The third kappa shape index (κ3) is 3.92. The number of piperidine rings is 1. The van der Waals surface area contributed by atoms with E-state index in [1.165, 1.54) is 30.3 Å². The second kappa shape index (κ2) is 8.20. The van der Waals surface area contributed by atoms with Gasteiger partial charge in [0.15, 0.2) is 11.0 Å². The summed E-state index contributed by atoms with van der Waals surface area (Å²) in [6, 6.07) is 6.53. The quantitative estimate of drug-likeness (QED) is 0.743. The van der Waals surface area contributed by atoms with Crippen molar-refractivity contribution in [1.82, 2.24) is 19.7 Å². The van der Waals surface area contributed by atoms with Gasteiger partial charge in [0.1, 0.15) is 5.82 Å². The van der Waals surface area contributed by atoms with Gasteiger partial charge in [-0.15, -0.1) is 10.2 Å². The molecule has 1 aliphatic heterocycles. The average molecular weight is 377 g/mol. The number of benzene rings is 1. The Balaban J connectivity index is 1.72. The van der Waals surface area contributed by atoms with Gasteiger partial charge in [0.2, 0.25) is 5.91 Å². The molecule has 2 heterocycles. The lowest BCUT2D eigenvalue weighted by atomic mass is 10.00. The summed E-state index contributed by atoms with van der Waals surface area (Å²) in [4.78, 5) is 14.9. The van der Waals surface area contributed by atoms with E-state index >= 15 is 0 Å². The fourth-order valence-corrected chi connectivity index (χ4v) is 4.31. The molecule has 0 aliphatic carbocycles. The van der Waals surface area contributed by atoms with Crippen LogP contribution in [0.5, 0.6) is 0 Å². The van der Waals surface area contributed by atoms with Crippen molar-refractivity contribution in [3.8, 4) is 11.4 Å². The lowest BCUT2D eigenvalue weighted by Crippen LogP contribution is -2.46. The number of rotatable bonds is 5. The van der Waals surface area contributed by atoms with Gasteiger partial charge >= 0.3 is 0 Å². The maximum atomic E-state index is 13.1. The number of carbonyl (C=O) groups is 1. The highest BCUT2D eigenvalue weighted by molar-refractivity contribution is 8.00. The molecular weight excluding hydrogens is 351 g/mol. The van der Waals surface area contributed by atoms with Crippen molar-refractivity contribution in [1.29, 1.82) is 0 Å². The Morgan fingerprint density at radius 3 is 2.73 bits per heavy atom. The van der Waals surface area contributed by atoms with Crippen molar-refractivity contribution in [3.63, 3.8) is 0 Å². The minimum absolute atomic E-state index is 0.174. The minimum Gasteiger partial charge on any atom is -0.339 e. The van der Waals surface area contributed by atoms with E-state index in [9.17, 15) is 9.18 Å². The molecule has 1 aliphatic rings. The first-order chi connectivity index (χ1) is 12.5. The van der Waals surface area contributed by atoms with Crippen LogP contribution < -0.4 is 0 Å². The van der Waals surface area contributed by atoms with Crippen LogP contribution in [0.1, 0.15) is 39.5 Å². The second-order valence-corrected chi connectivity index (χ2v) is 8.03. The molecule has 0 bridgehead atoms. The zero-order valence-corrected chi connectivity index (χ0v) is 16.3. The smallest absolute Gasteiger partial charge is 0.236 e. The number of likely N-dealkylation sites (tertiary alicyclic amines) is 1. The van der Waals surface area contributed by atoms with Gasteiger partial charge in [0.05, 0.1) is 5.25 Å². The second-order valence-electron chi connectivity index (χ2n) is 6.72. The maximum absolute atomic E-state index is 13.1. The third-order valence-corrected chi connectivity index (χ3v) is 6.07. The van der Waals surface area contributed by atoms with E-state index < -0.39 is 0 Å². The molecule has 2 unspecified atom stereocenters. The summed E-state index contributed by atoms with van der Waals surface area (Å²) in [7, 11) is 1.87. The molecule has 1 amide bonds. The number of nitrogens with zero attached hydrogens (tertiary/aromatic N) is 4. The molecule has 0 spiro atoms. The lowest BCUT2D eigenvalue weighted by Gasteiger charge is -2.36. The SMILES string of the molecule is CCC1CCCCN1C(=O)C(C)Sc1nnc(-c2ccc(F)cc2)n1C. The lowest BCUT2D eigenvalue weighted by molar-refractivity contribution is -0.134. The topological polar surface area (TPSA) is 51.0 Å². The summed E-state index contributed by atoms with van der Waals surface area (Å²) >= 11 is 1.43. The molecule has 1 aromatic carbocycles. The monoisotopic (exact) mass is 376 g/mol. The highest BCUT2D eigenvalue weighted by Gasteiger charge is 2.30. The molecule has 1 saturated heterocycles. The Labute approximate surface area is 158 Å². The fourth-order valence-electron chi connectivity index (χ4n) is 3.43. The van der Waals surface area contributed by atoms with Crippen LogP contribution in [0.2, 0.25) is 0 Å². The van der Waals surface area contributed by atoms with Gasteiger partial charge in [-0.05, 0) is 56.9 Å². The van der Waals surface area contributed by atoms with Crippen LogP contribution in [0.25, 0.3) is 11.4 Å². The van der Waals surface area contributed by atoms with Crippen molar-refractivity contribution < 1.29 is 9.18 Å². The molecule has 7 heteroatoms. The Kier molecular flexibility index (Phi) is 5.96. The summed E-state index contributed by atoms with van der Waals surface area (Å²) in [5.74, 6) is 0.557. The van der Waals surface area contributed by atoms with E-state index in [-0.39, 0.29) is 17.0 Å². The highest BCUT2D eigenvalue weighted by atomic mass is 32.2. The molecule has 0 N–H and O–H groups in total. The first kappa shape index (κ1) is 18.9. The maximum Gasteiger partial charge on any atom is 0.236 e. The highest BCUT2D eigenvalue weighted by Crippen LogP contribution is 2.29. The largest absolute Gasteiger partial charge is 0.339 e. The first-order valence-corrected chi connectivity index (χ1v) is 10.0. The van der Waals surface area contributed by atoms with Gasteiger partial charge in [0, 0.05) is 25.2 Å². The van der Waals surface area contributed by atoms with Crippen LogP contribution in [0.4, 0.5) is 4.39 Å². The predicted octanol–water partition coefficient (Wildman–Crippen LogP) is 3.89. The number of hydrogen-bond donors (Lipinski definition) is 0. The van der Waals surface area contributed by atoms with Crippen LogP contribution in [0.15, 0.2) is 29.4 Å². The van der Waals surface area contributed by atoms with Gasteiger partial charge < -0.3 is 9.47 Å². The first-order valence-electron chi connectivity index (χ1n) is 9.13. The van der Waals surface area contributed by atoms with E-state index in [1.807, 2.05) is 23.4 Å². The molecule has 26 heavy (non-hydrogen) atoms. The van der Waals surface area contributed by atoms with Gasteiger partial charge in [0.25, 0.3) is 0 Å². The van der Waals surface area contributed by atoms with Crippen LogP contribution >= 0.6 is 11.8 Å². The fraction of sp³-hybridized carbons (Fsp3) is 0.526. The third-order valence-electron chi connectivity index (χ3n) is 4.95. The van der Waals surface area contributed by atoms with Gasteiger partial charge in [-0.3, -0.25) is 4.79 Å². The predicted molar refractivity (Wildman–Crippen MR) is 101 cm³/mol. The standard InChI is InChI=1S/C19H25FN4OS/c1-4-16-7-5-6-12-24(16)18(25)13(2)26-19-22-21-17(23(19)3)14-8-10-15(20)11-9-14/h8-11,13,16H,4-7,12H2,1-3H3. The molecule has 1 fully saturated rings. The Morgan fingerprint density at radius 1 is 1.31 bits per heavy atom. The van der Waals surface area contributed by atoms with Gasteiger partial charge in [-0.1, -0.05) is 18.7 Å². The number of amides is 1. The zero-order chi connectivity index (χ0) is 18.7. The van der Waals surface area contributed by atoms with Gasteiger partial charge in [-0.2, -0.15) is 0 Å². The minimum atomic E-state index is -0.281. The average Bonchev–Trinajstić information content (AvgIpc) is 3.02. The molecule has 140 valence electrons. The van der Waals surface area contributed by atoms with Crippen LogP contribution in [0, 0.1) is 5.82 Å². The summed E-state index contributed by atoms with van der Waals surface area (Å²) in [5.41, 5.74) is 0.800. The number of carbonyl (C=O) groups excluding carboxylic acids is 1. The number of hydrogen-bond acceptors (Lipinski definition) is 4. The molecule has 5 nitrogen and oxygen atoms in total. The van der Waals surface area contributed by atoms with E-state index in [4.69, 9.17) is 0 Å². The molecular formula is C19H25FN4OS. The van der Waals surface area contributed by atoms with Crippen molar-refractivity contribution in [2.24, 2.45) is 7.05 Å². The zero-order valence-electron chi connectivity index (χ0n) is 15.5.